The van der Waals surface area contributed by atoms with Crippen molar-refractivity contribution in [1.82, 2.24) is 10.3 Å². The van der Waals surface area contributed by atoms with E-state index >= 15 is 0 Å². The van der Waals surface area contributed by atoms with Crippen molar-refractivity contribution in [3.8, 4) is 0 Å². The summed E-state index contributed by atoms with van der Waals surface area (Å²) < 4.78 is 6.45. The Kier molecular flexibility index (Phi) is 6.51. The monoisotopic (exact) mass is 453 g/mol. The predicted octanol–water partition coefficient (Wildman–Crippen LogP) is 4.84. The first-order valence-corrected chi connectivity index (χ1v) is 10.1. The van der Waals surface area contributed by atoms with E-state index in [4.69, 9.17) is 28.6 Å². The molecule has 0 bridgehead atoms. The van der Waals surface area contributed by atoms with E-state index in [9.17, 15) is 0 Å². The van der Waals surface area contributed by atoms with E-state index in [1.54, 1.807) is 6.20 Å². The zero-order chi connectivity index (χ0) is 18.6. The highest BCUT2D eigenvalue weighted by Crippen LogP contribution is 2.34. The Morgan fingerprint density at radius 3 is 2.69 bits per heavy atom. The van der Waals surface area contributed by atoms with Crippen molar-refractivity contribution >= 4 is 50.7 Å². The molecule has 26 heavy (non-hydrogen) atoms. The number of halogens is 2. The van der Waals surface area contributed by atoms with Crippen molar-refractivity contribution in [2.75, 3.05) is 25.1 Å². The van der Waals surface area contributed by atoms with Crippen LogP contribution in [0.2, 0.25) is 5.02 Å². The Morgan fingerprint density at radius 1 is 1.31 bits per heavy atom. The highest BCUT2D eigenvalue weighted by atomic mass is 79.9. The van der Waals surface area contributed by atoms with Gasteiger partial charge in [0.15, 0.2) is 10.9 Å². The number of pyridine rings is 1. The lowest BCUT2D eigenvalue weighted by Gasteiger charge is -2.38. The zero-order valence-corrected chi connectivity index (χ0v) is 17.7. The number of aromatic nitrogens is 1. The largest absolute Gasteiger partial charge is 0.381 e. The summed E-state index contributed by atoms with van der Waals surface area (Å²) in [5.74, 6) is 0.561. The maximum atomic E-state index is 6.36. The maximum Gasteiger partial charge on any atom is 0.172 e. The molecule has 1 aliphatic rings. The van der Waals surface area contributed by atoms with Crippen molar-refractivity contribution in [2.24, 2.45) is 0 Å². The zero-order valence-electron chi connectivity index (χ0n) is 14.5. The molecular weight excluding hydrogens is 434 g/mol. The lowest BCUT2D eigenvalue weighted by molar-refractivity contribution is 0.0515. The molecule has 0 aliphatic carbocycles. The van der Waals surface area contributed by atoms with Crippen molar-refractivity contribution in [3.05, 3.63) is 57.2 Å². The van der Waals surface area contributed by atoms with Gasteiger partial charge in [0.25, 0.3) is 0 Å². The Hall–Kier alpha value is -1.21. The fourth-order valence-corrected chi connectivity index (χ4v) is 3.95. The summed E-state index contributed by atoms with van der Waals surface area (Å²) in [4.78, 5) is 4.31. The van der Waals surface area contributed by atoms with E-state index in [1.165, 1.54) is 5.56 Å². The molecule has 0 saturated carbocycles. The van der Waals surface area contributed by atoms with Gasteiger partial charge >= 0.3 is 0 Å². The topological polar surface area (TPSA) is 46.2 Å². The molecule has 0 radical (unpaired) electrons. The minimum Gasteiger partial charge on any atom is -0.381 e. The number of hydrogen-bond acceptors (Lipinski definition) is 3. The molecule has 3 rings (SSSR count). The van der Waals surface area contributed by atoms with Gasteiger partial charge in [-0.25, -0.2) is 4.98 Å². The van der Waals surface area contributed by atoms with Gasteiger partial charge < -0.3 is 15.4 Å². The summed E-state index contributed by atoms with van der Waals surface area (Å²) in [7, 11) is 0. The minimum atomic E-state index is 0.0120. The predicted molar refractivity (Wildman–Crippen MR) is 114 cm³/mol. The second kappa shape index (κ2) is 8.65. The van der Waals surface area contributed by atoms with Crippen molar-refractivity contribution in [3.63, 3.8) is 0 Å². The second-order valence-electron chi connectivity index (χ2n) is 6.46. The number of hydrogen-bond donors (Lipinski definition) is 2. The van der Waals surface area contributed by atoms with Crippen LogP contribution in [0.3, 0.4) is 0 Å². The Bertz CT molecular complexity index is 782. The normalized spacial score (nSPS) is 16.1. The van der Waals surface area contributed by atoms with Crippen LogP contribution in [0.5, 0.6) is 0 Å². The van der Waals surface area contributed by atoms with Gasteiger partial charge in [-0.05, 0) is 59.0 Å². The summed E-state index contributed by atoms with van der Waals surface area (Å²) in [6.07, 6.45) is 3.64. The average Bonchev–Trinajstić information content (AvgIpc) is 2.68. The van der Waals surface area contributed by atoms with Gasteiger partial charge in [-0.3, -0.25) is 0 Å². The van der Waals surface area contributed by atoms with Crippen LogP contribution in [0.15, 0.2) is 41.0 Å². The highest BCUT2D eigenvalue weighted by molar-refractivity contribution is 9.10. The summed E-state index contributed by atoms with van der Waals surface area (Å²) in [5, 5.41) is 7.55. The maximum absolute atomic E-state index is 6.36. The first-order valence-electron chi connectivity index (χ1n) is 8.50. The summed E-state index contributed by atoms with van der Waals surface area (Å²) in [5.41, 5.74) is 2.25. The fraction of sp³-hybridized carbons (Fsp3) is 0.368. The number of thiocarbonyl (C=S) groups is 1. The molecule has 1 aromatic heterocycles. The molecule has 2 aromatic rings. The van der Waals surface area contributed by atoms with Gasteiger partial charge in [-0.1, -0.05) is 41.9 Å². The summed E-state index contributed by atoms with van der Waals surface area (Å²) in [6.45, 7) is 4.19. The number of anilines is 1. The third kappa shape index (κ3) is 4.36. The number of rotatable bonds is 4. The van der Waals surface area contributed by atoms with Gasteiger partial charge in [0.2, 0.25) is 0 Å². The van der Waals surface area contributed by atoms with Crippen LogP contribution in [-0.2, 0) is 10.2 Å². The van der Waals surface area contributed by atoms with Crippen molar-refractivity contribution < 1.29 is 4.74 Å². The van der Waals surface area contributed by atoms with Crippen LogP contribution >= 0.6 is 39.7 Å². The molecule has 0 spiro atoms. The molecule has 0 unspecified atom stereocenters. The minimum absolute atomic E-state index is 0.0120. The molecule has 1 fully saturated rings. The lowest BCUT2D eigenvalue weighted by atomic mass is 9.74. The molecule has 0 atom stereocenters. The van der Waals surface area contributed by atoms with Crippen molar-refractivity contribution in [1.29, 1.82) is 0 Å². The molecule has 2 N–H and O–H groups in total. The molecule has 1 saturated heterocycles. The van der Waals surface area contributed by atoms with Crippen LogP contribution in [0.4, 0.5) is 5.82 Å². The Labute approximate surface area is 172 Å². The number of nitrogens with zero attached hydrogens (tertiary/aromatic N) is 1. The standard InChI is InChI=1S/C19H21BrClN3OS/c1-13-15(20)11-22-17(16(13)21)24-18(26)23-12-19(7-9-25-10-8-19)14-5-3-2-4-6-14/h2-6,11H,7-10,12H2,1H3,(H2,22,23,24,26). The lowest BCUT2D eigenvalue weighted by Crippen LogP contribution is -2.45. The van der Waals surface area contributed by atoms with Crippen molar-refractivity contribution in [2.45, 2.75) is 25.2 Å². The smallest absolute Gasteiger partial charge is 0.172 e. The van der Waals surface area contributed by atoms with Gasteiger partial charge in [-0.15, -0.1) is 0 Å². The molecule has 4 nitrogen and oxygen atoms in total. The van der Waals surface area contributed by atoms with Gasteiger partial charge in [0.05, 0.1) is 5.02 Å². The average molecular weight is 455 g/mol. The third-order valence-electron chi connectivity index (χ3n) is 4.86. The second-order valence-corrected chi connectivity index (χ2v) is 8.10. The molecule has 1 aromatic carbocycles. The Morgan fingerprint density at radius 2 is 2.00 bits per heavy atom. The van der Waals surface area contributed by atoms with Crippen LogP contribution in [0.1, 0.15) is 24.0 Å². The third-order valence-corrected chi connectivity index (χ3v) is 6.37. The van der Waals surface area contributed by atoms with Crippen LogP contribution < -0.4 is 10.6 Å². The first kappa shape index (κ1) is 19.5. The van der Waals surface area contributed by atoms with Crippen LogP contribution in [0.25, 0.3) is 0 Å². The summed E-state index contributed by atoms with van der Waals surface area (Å²) >= 11 is 15.3. The van der Waals surface area contributed by atoms with E-state index in [0.29, 0.717) is 16.0 Å². The number of ether oxygens (including phenoxy) is 1. The van der Waals surface area contributed by atoms with E-state index in [1.807, 2.05) is 13.0 Å². The number of nitrogens with one attached hydrogen (secondary N) is 2. The van der Waals surface area contributed by atoms with E-state index in [-0.39, 0.29) is 5.41 Å². The van der Waals surface area contributed by atoms with Gasteiger partial charge in [-0.2, -0.15) is 0 Å². The van der Waals surface area contributed by atoms with E-state index in [0.717, 1.165) is 42.6 Å². The van der Waals surface area contributed by atoms with E-state index < -0.39 is 0 Å². The van der Waals surface area contributed by atoms with Gasteiger partial charge in [0, 0.05) is 35.8 Å². The highest BCUT2D eigenvalue weighted by Gasteiger charge is 2.34. The molecule has 0 amide bonds. The van der Waals surface area contributed by atoms with E-state index in [2.05, 4.69) is 55.8 Å². The van der Waals surface area contributed by atoms with Crippen LogP contribution in [0, 0.1) is 6.92 Å². The number of benzene rings is 1. The molecule has 7 heteroatoms. The SMILES string of the molecule is Cc1c(Br)cnc(NC(=S)NCC2(c3ccccc3)CCOCC2)c1Cl. The molecule has 1 aliphatic heterocycles. The van der Waals surface area contributed by atoms with Crippen LogP contribution in [-0.4, -0.2) is 29.9 Å². The fourth-order valence-electron chi connectivity index (χ4n) is 3.17. The summed E-state index contributed by atoms with van der Waals surface area (Å²) in [6, 6.07) is 10.6. The quantitative estimate of drug-likeness (QED) is 0.647. The molecule has 2 heterocycles. The first-order chi connectivity index (χ1) is 12.5. The molecule has 138 valence electrons. The van der Waals surface area contributed by atoms with Gasteiger partial charge in [0.1, 0.15) is 0 Å². The molecular formula is C19H21BrClN3OS. The Balaban J connectivity index is 1.70.